The van der Waals surface area contributed by atoms with Gasteiger partial charge in [-0.25, -0.2) is 4.79 Å². The van der Waals surface area contributed by atoms with E-state index in [0.717, 1.165) is 10.0 Å². The molecule has 0 saturated carbocycles. The zero-order chi connectivity index (χ0) is 17.0. The van der Waals surface area contributed by atoms with Gasteiger partial charge in [-0.1, -0.05) is 39.1 Å². The molecule has 0 atom stereocenters. The van der Waals surface area contributed by atoms with E-state index in [9.17, 15) is 9.59 Å². The summed E-state index contributed by atoms with van der Waals surface area (Å²) in [6.45, 7) is 1.50. The van der Waals surface area contributed by atoms with Gasteiger partial charge >= 0.3 is 5.97 Å². The number of hydrogen-bond donors (Lipinski definition) is 1. The van der Waals surface area contributed by atoms with Crippen LogP contribution in [0.5, 0.6) is 0 Å². The minimum absolute atomic E-state index is 0.156. The molecule has 1 N–H and O–H groups in total. The lowest BCUT2D eigenvalue weighted by molar-refractivity contribution is -0.119. The maximum Gasteiger partial charge on any atom is 0.340 e. The van der Waals surface area contributed by atoms with Gasteiger partial charge in [-0.15, -0.1) is 0 Å². The summed E-state index contributed by atoms with van der Waals surface area (Å²) in [4.78, 5) is 23.7. The van der Waals surface area contributed by atoms with Gasteiger partial charge in [0.05, 0.1) is 10.6 Å². The molecule has 2 aromatic rings. The predicted molar refractivity (Wildman–Crippen MR) is 94.3 cm³/mol. The first-order valence-electron chi connectivity index (χ1n) is 6.55. The number of amides is 1. The van der Waals surface area contributed by atoms with Gasteiger partial charge < -0.3 is 10.1 Å². The van der Waals surface area contributed by atoms with Crippen molar-refractivity contribution in [1.29, 1.82) is 0 Å². The van der Waals surface area contributed by atoms with E-state index >= 15 is 0 Å². The maximum absolute atomic E-state index is 11.9. The topological polar surface area (TPSA) is 55.4 Å². The van der Waals surface area contributed by atoms with Gasteiger partial charge in [0.25, 0.3) is 5.91 Å². The number of aryl methyl sites for hydroxylation is 1. The van der Waals surface area contributed by atoms with Crippen molar-refractivity contribution in [2.24, 2.45) is 0 Å². The highest BCUT2D eigenvalue weighted by Gasteiger charge is 2.14. The average Bonchev–Trinajstić information content (AvgIpc) is 2.48. The normalized spacial score (nSPS) is 10.3. The quantitative estimate of drug-likeness (QED) is 0.724. The van der Waals surface area contributed by atoms with E-state index in [0.29, 0.717) is 10.7 Å². The lowest BCUT2D eigenvalue weighted by Gasteiger charge is -2.08. The first-order chi connectivity index (χ1) is 10.9. The molecule has 23 heavy (non-hydrogen) atoms. The number of anilines is 1. The number of carbonyl (C=O) groups is 2. The summed E-state index contributed by atoms with van der Waals surface area (Å²) >= 11 is 15.0. The zero-order valence-corrected chi connectivity index (χ0v) is 15.1. The second kappa shape index (κ2) is 7.81. The first-order valence-corrected chi connectivity index (χ1v) is 8.10. The molecule has 0 radical (unpaired) electrons. The Labute approximate surface area is 151 Å². The molecule has 2 aromatic carbocycles. The fraction of sp³-hybridized carbons (Fsp3) is 0.125. The number of rotatable bonds is 4. The van der Waals surface area contributed by atoms with Crippen LogP contribution >= 0.6 is 39.1 Å². The maximum atomic E-state index is 11.9. The largest absolute Gasteiger partial charge is 0.452 e. The Balaban J connectivity index is 1.93. The molecule has 2 rings (SSSR count). The summed E-state index contributed by atoms with van der Waals surface area (Å²) in [6.07, 6.45) is 0. The highest BCUT2D eigenvalue weighted by molar-refractivity contribution is 9.10. The third-order valence-corrected chi connectivity index (χ3v) is 4.36. The number of nitrogens with one attached hydrogen (secondary N) is 1. The minimum Gasteiger partial charge on any atom is -0.452 e. The third kappa shape index (κ3) is 4.96. The van der Waals surface area contributed by atoms with Crippen LogP contribution in [0.3, 0.4) is 0 Å². The Morgan fingerprint density at radius 2 is 1.91 bits per heavy atom. The summed E-state index contributed by atoms with van der Waals surface area (Å²) in [5, 5.41) is 3.23. The molecule has 0 aliphatic carbocycles. The monoisotopic (exact) mass is 415 g/mol. The van der Waals surface area contributed by atoms with Gasteiger partial charge in [0.2, 0.25) is 0 Å². The van der Waals surface area contributed by atoms with Crippen LogP contribution in [0.2, 0.25) is 10.0 Å². The van der Waals surface area contributed by atoms with Gasteiger partial charge in [-0.2, -0.15) is 0 Å². The highest BCUT2D eigenvalue weighted by atomic mass is 79.9. The second-order valence-electron chi connectivity index (χ2n) is 4.71. The Morgan fingerprint density at radius 3 is 2.57 bits per heavy atom. The molecule has 0 unspecified atom stereocenters. The molecule has 0 fully saturated rings. The molecule has 0 saturated heterocycles. The zero-order valence-electron chi connectivity index (χ0n) is 12.0. The van der Waals surface area contributed by atoms with E-state index in [1.54, 1.807) is 12.1 Å². The van der Waals surface area contributed by atoms with Crippen LogP contribution in [0.1, 0.15) is 15.9 Å². The van der Waals surface area contributed by atoms with Crippen LogP contribution in [-0.4, -0.2) is 18.5 Å². The van der Waals surface area contributed by atoms with Crippen LogP contribution in [0, 0.1) is 6.92 Å². The summed E-state index contributed by atoms with van der Waals surface area (Å²) < 4.78 is 5.89. The lowest BCUT2D eigenvalue weighted by Crippen LogP contribution is -2.21. The van der Waals surface area contributed by atoms with E-state index in [4.69, 9.17) is 27.9 Å². The summed E-state index contributed by atoms with van der Waals surface area (Å²) in [5.41, 5.74) is 1.76. The molecule has 0 aromatic heterocycles. The van der Waals surface area contributed by atoms with E-state index in [1.807, 2.05) is 13.0 Å². The predicted octanol–water partition coefficient (Wildman–Crippen LogP) is 4.86. The Bertz CT molecular complexity index is 765. The molecule has 120 valence electrons. The van der Waals surface area contributed by atoms with Crippen molar-refractivity contribution in [2.45, 2.75) is 6.92 Å². The van der Waals surface area contributed by atoms with Crippen LogP contribution < -0.4 is 5.32 Å². The molecule has 0 bridgehead atoms. The summed E-state index contributed by atoms with van der Waals surface area (Å²) in [5.74, 6) is -1.13. The Morgan fingerprint density at radius 1 is 1.17 bits per heavy atom. The van der Waals surface area contributed by atoms with Gasteiger partial charge in [0, 0.05) is 15.2 Å². The highest BCUT2D eigenvalue weighted by Crippen LogP contribution is 2.22. The lowest BCUT2D eigenvalue weighted by atomic mass is 10.2. The molecule has 1 amide bonds. The van der Waals surface area contributed by atoms with Crippen molar-refractivity contribution in [2.75, 3.05) is 11.9 Å². The fourth-order valence-corrected chi connectivity index (χ4v) is 2.52. The van der Waals surface area contributed by atoms with Crippen molar-refractivity contribution in [3.05, 3.63) is 62.0 Å². The first kappa shape index (κ1) is 17.8. The number of esters is 1. The summed E-state index contributed by atoms with van der Waals surface area (Å²) in [7, 11) is 0. The van der Waals surface area contributed by atoms with Gasteiger partial charge in [0.15, 0.2) is 6.61 Å². The molecule has 0 aliphatic heterocycles. The van der Waals surface area contributed by atoms with Crippen molar-refractivity contribution < 1.29 is 14.3 Å². The van der Waals surface area contributed by atoms with Crippen LogP contribution in [0.25, 0.3) is 0 Å². The van der Waals surface area contributed by atoms with E-state index < -0.39 is 18.5 Å². The number of halogens is 3. The van der Waals surface area contributed by atoms with Crippen molar-refractivity contribution >= 4 is 56.7 Å². The van der Waals surface area contributed by atoms with E-state index in [1.165, 1.54) is 18.2 Å². The molecule has 0 heterocycles. The smallest absolute Gasteiger partial charge is 0.340 e. The SMILES string of the molecule is Cc1cc(NC(=O)COC(=O)c2ccc(Cl)cc2Cl)ccc1Br. The number of benzene rings is 2. The van der Waals surface area contributed by atoms with Crippen LogP contribution in [-0.2, 0) is 9.53 Å². The molecule has 0 spiro atoms. The molecule has 7 heteroatoms. The summed E-state index contributed by atoms with van der Waals surface area (Å²) in [6, 6.07) is 9.78. The number of hydrogen-bond acceptors (Lipinski definition) is 3. The van der Waals surface area contributed by atoms with E-state index in [-0.39, 0.29) is 10.6 Å². The molecule has 0 aliphatic rings. The average molecular weight is 417 g/mol. The van der Waals surface area contributed by atoms with Crippen LogP contribution in [0.4, 0.5) is 5.69 Å². The van der Waals surface area contributed by atoms with Gasteiger partial charge in [-0.3, -0.25) is 4.79 Å². The van der Waals surface area contributed by atoms with Gasteiger partial charge in [0.1, 0.15) is 0 Å². The van der Waals surface area contributed by atoms with Gasteiger partial charge in [-0.05, 0) is 48.9 Å². The third-order valence-electron chi connectivity index (χ3n) is 2.93. The second-order valence-corrected chi connectivity index (χ2v) is 6.41. The minimum atomic E-state index is -0.686. The number of carbonyl (C=O) groups excluding carboxylic acids is 2. The molecule has 4 nitrogen and oxygen atoms in total. The molecular weight excluding hydrogens is 405 g/mol. The Kier molecular flexibility index (Phi) is 6.04. The van der Waals surface area contributed by atoms with Crippen molar-refractivity contribution in [3.8, 4) is 0 Å². The molecular formula is C16H12BrCl2NO3. The van der Waals surface area contributed by atoms with Crippen molar-refractivity contribution in [1.82, 2.24) is 0 Å². The Hall–Kier alpha value is -1.56. The van der Waals surface area contributed by atoms with Crippen LogP contribution in [0.15, 0.2) is 40.9 Å². The van der Waals surface area contributed by atoms with E-state index in [2.05, 4.69) is 21.2 Å². The standard InChI is InChI=1S/C16H12BrCl2NO3/c1-9-6-11(3-5-13(9)17)20-15(21)8-23-16(22)12-4-2-10(18)7-14(12)19/h2-7H,8H2,1H3,(H,20,21). The van der Waals surface area contributed by atoms with Crippen molar-refractivity contribution in [3.63, 3.8) is 0 Å². The fourth-order valence-electron chi connectivity index (χ4n) is 1.78. The number of ether oxygens (including phenoxy) is 1.